The van der Waals surface area contributed by atoms with Gasteiger partial charge in [-0.1, -0.05) is 0 Å². The fourth-order valence-corrected chi connectivity index (χ4v) is 4.24. The molecule has 6 atom stereocenters. The minimum absolute atomic E-state index is 0.142. The molecule has 0 aliphatic heterocycles. The van der Waals surface area contributed by atoms with Gasteiger partial charge < -0.3 is 0 Å². The minimum atomic E-state index is 0.142. The smallest absolute Gasteiger partial charge is 0.0502 e. The van der Waals surface area contributed by atoms with Gasteiger partial charge in [0.15, 0.2) is 0 Å². The highest BCUT2D eigenvalue weighted by atomic mass is 35.5. The molecule has 0 radical (unpaired) electrons. The maximum Gasteiger partial charge on any atom is 0.0502 e. The van der Waals surface area contributed by atoms with E-state index in [9.17, 15) is 0 Å². The first-order valence-corrected chi connectivity index (χ1v) is 7.88. The maximum atomic E-state index is 6.26. The van der Waals surface area contributed by atoms with Gasteiger partial charge in [0.05, 0.1) is 10.8 Å². The average molecular weight is 304 g/mol. The number of hydrogen-bond donors (Lipinski definition) is 0. The van der Waals surface area contributed by atoms with Crippen molar-refractivity contribution in [3.05, 3.63) is 0 Å². The fraction of sp³-hybridized carbons (Fsp3) is 1.00. The van der Waals surface area contributed by atoms with Crippen LogP contribution >= 0.6 is 46.4 Å². The van der Waals surface area contributed by atoms with Crippen molar-refractivity contribution in [1.82, 2.24) is 0 Å². The van der Waals surface area contributed by atoms with E-state index in [0.29, 0.717) is 11.8 Å². The summed E-state index contributed by atoms with van der Waals surface area (Å²) in [6, 6.07) is 0. The van der Waals surface area contributed by atoms with E-state index in [4.69, 9.17) is 46.4 Å². The van der Waals surface area contributed by atoms with Gasteiger partial charge in [-0.25, -0.2) is 0 Å². The summed E-state index contributed by atoms with van der Waals surface area (Å²) in [6.07, 6.45) is 6.62. The fourth-order valence-electron chi connectivity index (χ4n) is 3.07. The van der Waals surface area contributed by atoms with E-state index in [2.05, 4.69) is 0 Å². The van der Waals surface area contributed by atoms with Gasteiger partial charge in [0.1, 0.15) is 0 Å². The molecule has 0 aromatic heterocycles. The lowest BCUT2D eigenvalue weighted by Gasteiger charge is -2.39. The highest BCUT2D eigenvalue weighted by molar-refractivity contribution is 6.30. The molecular weight excluding hydrogens is 286 g/mol. The molecule has 0 aromatic carbocycles. The zero-order valence-corrected chi connectivity index (χ0v) is 12.2. The first-order valence-electron chi connectivity index (χ1n) is 6.14. The Morgan fingerprint density at radius 3 is 1.19 bits per heavy atom. The Hall–Kier alpha value is 1.16. The second-order valence-corrected chi connectivity index (χ2v) is 7.45. The van der Waals surface area contributed by atoms with Crippen LogP contribution in [0.1, 0.15) is 38.5 Å². The molecule has 2 aliphatic carbocycles. The van der Waals surface area contributed by atoms with Crippen molar-refractivity contribution in [2.45, 2.75) is 60.0 Å². The Bertz CT molecular complexity index is 209. The second-order valence-electron chi connectivity index (χ2n) is 5.21. The van der Waals surface area contributed by atoms with Crippen LogP contribution in [0.25, 0.3) is 0 Å². The van der Waals surface area contributed by atoms with Crippen LogP contribution in [-0.2, 0) is 0 Å². The van der Waals surface area contributed by atoms with Crippen LogP contribution in [0.2, 0.25) is 0 Å². The van der Waals surface area contributed by atoms with Crippen LogP contribution in [0.5, 0.6) is 0 Å². The first-order chi connectivity index (χ1) is 7.58. The van der Waals surface area contributed by atoms with Gasteiger partial charge in [0.2, 0.25) is 0 Å². The molecule has 0 N–H and O–H groups in total. The zero-order valence-electron chi connectivity index (χ0n) is 9.22. The minimum Gasteiger partial charge on any atom is -0.121 e. The topological polar surface area (TPSA) is 0 Å². The van der Waals surface area contributed by atoms with Gasteiger partial charge in [-0.2, -0.15) is 0 Å². The number of alkyl halides is 4. The molecule has 2 saturated carbocycles. The summed E-state index contributed by atoms with van der Waals surface area (Å²) in [5.41, 5.74) is 0. The number of hydrogen-bond acceptors (Lipinski definition) is 0. The van der Waals surface area contributed by atoms with Crippen LogP contribution in [0.3, 0.4) is 0 Å². The number of rotatable bonds is 1. The van der Waals surface area contributed by atoms with Gasteiger partial charge in [-0.05, 0) is 50.4 Å². The van der Waals surface area contributed by atoms with Crippen LogP contribution in [0.4, 0.5) is 0 Å². The summed E-state index contributed by atoms with van der Waals surface area (Å²) >= 11 is 24.8. The van der Waals surface area contributed by atoms with Crippen molar-refractivity contribution in [2.75, 3.05) is 0 Å². The monoisotopic (exact) mass is 302 g/mol. The molecule has 2 fully saturated rings. The third-order valence-corrected chi connectivity index (χ3v) is 6.40. The molecule has 0 bridgehead atoms. The molecular formula is C12H18Cl4. The van der Waals surface area contributed by atoms with Crippen molar-refractivity contribution in [3.63, 3.8) is 0 Å². The normalized spacial score (nSPS) is 50.2. The summed E-state index contributed by atoms with van der Waals surface area (Å²) in [6.45, 7) is 0. The SMILES string of the molecule is ClC1CCC(C2CCC(Cl)C(Cl)C2)CC1Cl. The Labute approximate surface area is 118 Å². The van der Waals surface area contributed by atoms with Crippen LogP contribution in [0.15, 0.2) is 0 Å². The molecule has 2 rings (SSSR count). The van der Waals surface area contributed by atoms with Gasteiger partial charge in [0, 0.05) is 10.8 Å². The van der Waals surface area contributed by atoms with E-state index in [1.807, 2.05) is 0 Å². The third-order valence-electron chi connectivity index (χ3n) is 4.13. The molecule has 0 nitrogen and oxygen atoms in total. The van der Waals surface area contributed by atoms with Gasteiger partial charge >= 0.3 is 0 Å². The molecule has 2 aliphatic rings. The van der Waals surface area contributed by atoms with E-state index >= 15 is 0 Å². The van der Waals surface area contributed by atoms with Crippen molar-refractivity contribution >= 4 is 46.4 Å². The summed E-state index contributed by atoms with van der Waals surface area (Å²) in [5, 5.41) is 0.606. The largest absolute Gasteiger partial charge is 0.121 e. The highest BCUT2D eigenvalue weighted by Crippen LogP contribution is 2.43. The van der Waals surface area contributed by atoms with Crippen LogP contribution in [0, 0.1) is 11.8 Å². The predicted octanol–water partition coefficient (Wildman–Crippen LogP) is 5.02. The molecule has 16 heavy (non-hydrogen) atoms. The summed E-state index contributed by atoms with van der Waals surface area (Å²) < 4.78 is 0. The standard InChI is InChI=1S/C12H18Cl4/c13-9-3-1-7(5-11(9)15)8-2-4-10(14)12(16)6-8/h7-12H,1-6H2. The first kappa shape index (κ1) is 13.6. The molecule has 4 heteroatoms. The molecule has 94 valence electrons. The highest BCUT2D eigenvalue weighted by Gasteiger charge is 2.36. The molecule has 0 aromatic rings. The number of halogens is 4. The lowest BCUT2D eigenvalue weighted by Crippen LogP contribution is -2.35. The molecule has 0 saturated heterocycles. The predicted molar refractivity (Wildman–Crippen MR) is 73.2 cm³/mol. The van der Waals surface area contributed by atoms with E-state index in [1.165, 1.54) is 12.8 Å². The van der Waals surface area contributed by atoms with E-state index < -0.39 is 0 Å². The Kier molecular flexibility index (Phi) is 4.98. The van der Waals surface area contributed by atoms with Crippen molar-refractivity contribution in [2.24, 2.45) is 11.8 Å². The van der Waals surface area contributed by atoms with Gasteiger partial charge in [-0.15, -0.1) is 46.4 Å². The summed E-state index contributed by atoms with van der Waals surface area (Å²) in [5.74, 6) is 1.42. The zero-order chi connectivity index (χ0) is 11.7. The Morgan fingerprint density at radius 1 is 0.500 bits per heavy atom. The van der Waals surface area contributed by atoms with E-state index in [0.717, 1.165) is 25.7 Å². The van der Waals surface area contributed by atoms with Crippen molar-refractivity contribution in [1.29, 1.82) is 0 Å². The molecule has 0 amide bonds. The molecule has 0 spiro atoms. The average Bonchev–Trinajstić information content (AvgIpc) is 2.26. The maximum absolute atomic E-state index is 6.26. The van der Waals surface area contributed by atoms with Crippen LogP contribution in [-0.4, -0.2) is 21.5 Å². The lowest BCUT2D eigenvalue weighted by atomic mass is 9.73. The molecule has 6 unspecified atom stereocenters. The Balaban J connectivity index is 1.88. The lowest BCUT2D eigenvalue weighted by molar-refractivity contribution is 0.203. The van der Waals surface area contributed by atoms with Crippen molar-refractivity contribution < 1.29 is 0 Å². The summed E-state index contributed by atoms with van der Waals surface area (Å²) in [7, 11) is 0. The van der Waals surface area contributed by atoms with Crippen LogP contribution < -0.4 is 0 Å². The Morgan fingerprint density at radius 2 is 0.875 bits per heavy atom. The van der Waals surface area contributed by atoms with Gasteiger partial charge in [-0.3, -0.25) is 0 Å². The van der Waals surface area contributed by atoms with E-state index in [1.54, 1.807) is 0 Å². The molecule has 0 heterocycles. The summed E-state index contributed by atoms with van der Waals surface area (Å²) in [4.78, 5) is 0. The quantitative estimate of drug-likeness (QED) is 0.597. The van der Waals surface area contributed by atoms with Gasteiger partial charge in [0.25, 0.3) is 0 Å². The second kappa shape index (κ2) is 5.87. The van der Waals surface area contributed by atoms with E-state index in [-0.39, 0.29) is 21.5 Å². The third kappa shape index (κ3) is 3.13. The van der Waals surface area contributed by atoms with Crippen molar-refractivity contribution in [3.8, 4) is 0 Å².